The summed E-state index contributed by atoms with van der Waals surface area (Å²) in [5.41, 5.74) is 2.46. The van der Waals surface area contributed by atoms with Crippen molar-refractivity contribution in [3.8, 4) is 5.95 Å². The van der Waals surface area contributed by atoms with Crippen molar-refractivity contribution in [3.05, 3.63) is 18.5 Å². The van der Waals surface area contributed by atoms with E-state index < -0.39 is 0 Å². The minimum atomic E-state index is 0.197. The molecule has 0 amide bonds. The van der Waals surface area contributed by atoms with E-state index in [2.05, 4.69) is 37.3 Å². The molecule has 9 nitrogen and oxygen atoms in total. The normalized spacial score (nSPS) is 19.1. The topological polar surface area (TPSA) is 107 Å². The van der Waals surface area contributed by atoms with Gasteiger partial charge in [0.05, 0.1) is 19.3 Å². The van der Waals surface area contributed by atoms with Crippen LogP contribution in [0, 0.1) is 0 Å². The molecule has 0 aliphatic carbocycles. The zero-order chi connectivity index (χ0) is 13.9. The fourth-order valence-corrected chi connectivity index (χ4v) is 2.06. The maximum atomic E-state index is 5.43. The molecule has 0 saturated carbocycles. The molecule has 0 aromatic carbocycles. The fraction of sp³-hybridized carbons (Fsp3) is 0.455. The van der Waals surface area contributed by atoms with Crippen molar-refractivity contribution in [2.45, 2.75) is 13.0 Å². The maximum Gasteiger partial charge on any atom is 0.257 e. The van der Waals surface area contributed by atoms with E-state index in [0.717, 1.165) is 6.54 Å². The van der Waals surface area contributed by atoms with Crippen LogP contribution in [0.5, 0.6) is 0 Å². The van der Waals surface area contributed by atoms with Crippen molar-refractivity contribution in [2.24, 2.45) is 5.84 Å². The second-order valence-electron chi connectivity index (χ2n) is 4.47. The highest BCUT2D eigenvalue weighted by molar-refractivity contribution is 5.40. The number of hydrogen-bond acceptors (Lipinski definition) is 8. The zero-order valence-corrected chi connectivity index (χ0v) is 11.1. The van der Waals surface area contributed by atoms with Crippen molar-refractivity contribution in [2.75, 3.05) is 30.1 Å². The minimum absolute atomic E-state index is 0.197. The van der Waals surface area contributed by atoms with E-state index in [9.17, 15) is 0 Å². The van der Waals surface area contributed by atoms with Crippen LogP contribution in [-0.2, 0) is 4.74 Å². The monoisotopic (exact) mass is 276 g/mol. The predicted molar refractivity (Wildman–Crippen MR) is 72.4 cm³/mol. The van der Waals surface area contributed by atoms with Crippen LogP contribution >= 0.6 is 0 Å². The third-order valence-electron chi connectivity index (χ3n) is 3.07. The van der Waals surface area contributed by atoms with Gasteiger partial charge in [0.1, 0.15) is 0 Å². The van der Waals surface area contributed by atoms with Crippen molar-refractivity contribution in [1.82, 2.24) is 24.7 Å². The highest BCUT2D eigenvalue weighted by atomic mass is 16.5. The van der Waals surface area contributed by atoms with Crippen molar-refractivity contribution >= 4 is 11.9 Å². The van der Waals surface area contributed by atoms with E-state index in [-0.39, 0.29) is 6.04 Å². The van der Waals surface area contributed by atoms with Gasteiger partial charge < -0.3 is 9.64 Å². The molecule has 1 aliphatic rings. The van der Waals surface area contributed by atoms with E-state index in [4.69, 9.17) is 10.6 Å². The number of nitrogen functional groups attached to an aromatic ring is 1. The third kappa shape index (κ3) is 2.40. The number of morpholine rings is 1. The molecule has 3 N–H and O–H groups in total. The van der Waals surface area contributed by atoms with Gasteiger partial charge in [0.25, 0.3) is 5.95 Å². The Hall–Kier alpha value is -2.26. The van der Waals surface area contributed by atoms with Crippen LogP contribution in [0.3, 0.4) is 0 Å². The quantitative estimate of drug-likeness (QED) is 0.574. The van der Waals surface area contributed by atoms with Gasteiger partial charge in [0.2, 0.25) is 11.9 Å². The van der Waals surface area contributed by atoms with Crippen molar-refractivity contribution < 1.29 is 4.74 Å². The Labute approximate surface area is 115 Å². The Morgan fingerprint density at radius 1 is 1.35 bits per heavy atom. The predicted octanol–water partition coefficient (Wildman–Crippen LogP) is -0.432. The highest BCUT2D eigenvalue weighted by Gasteiger charge is 2.23. The molecule has 3 heterocycles. The first kappa shape index (κ1) is 12.8. The van der Waals surface area contributed by atoms with Gasteiger partial charge in [-0.3, -0.25) is 5.43 Å². The smallest absolute Gasteiger partial charge is 0.257 e. The number of hydrazine groups is 1. The van der Waals surface area contributed by atoms with E-state index in [0.29, 0.717) is 31.1 Å². The van der Waals surface area contributed by atoms with Gasteiger partial charge in [-0.15, -0.1) is 0 Å². The van der Waals surface area contributed by atoms with E-state index in [1.54, 1.807) is 23.1 Å². The van der Waals surface area contributed by atoms with Crippen LogP contribution in [0.1, 0.15) is 6.92 Å². The molecule has 2 aromatic rings. The third-order valence-corrected chi connectivity index (χ3v) is 3.07. The second-order valence-corrected chi connectivity index (χ2v) is 4.47. The summed E-state index contributed by atoms with van der Waals surface area (Å²) in [5, 5.41) is 4.12. The lowest BCUT2D eigenvalue weighted by Crippen LogP contribution is -2.44. The lowest BCUT2D eigenvalue weighted by atomic mass is 10.3. The Kier molecular flexibility index (Phi) is 3.44. The van der Waals surface area contributed by atoms with Crippen molar-refractivity contribution in [1.29, 1.82) is 0 Å². The maximum absolute atomic E-state index is 5.43. The van der Waals surface area contributed by atoms with E-state index in [1.807, 2.05) is 0 Å². The number of nitrogens with one attached hydrogen (secondary N) is 1. The summed E-state index contributed by atoms with van der Waals surface area (Å²) in [5.74, 6) is 6.72. The van der Waals surface area contributed by atoms with E-state index in [1.165, 1.54) is 0 Å². The number of nitrogens with two attached hydrogens (primary N) is 1. The van der Waals surface area contributed by atoms with E-state index >= 15 is 0 Å². The Balaban J connectivity index is 1.99. The van der Waals surface area contributed by atoms with Gasteiger partial charge in [-0.1, -0.05) is 0 Å². The summed E-state index contributed by atoms with van der Waals surface area (Å²) in [7, 11) is 0. The number of nitrogens with zero attached hydrogens (tertiary/aromatic N) is 6. The molecule has 0 spiro atoms. The summed E-state index contributed by atoms with van der Waals surface area (Å²) in [6.07, 6.45) is 3.43. The van der Waals surface area contributed by atoms with Crippen LogP contribution in [0.4, 0.5) is 11.9 Å². The number of rotatable bonds is 3. The molecule has 1 fully saturated rings. The number of ether oxygens (including phenoxy) is 1. The second kappa shape index (κ2) is 5.39. The molecule has 2 aromatic heterocycles. The molecule has 1 atom stereocenters. The molecule has 20 heavy (non-hydrogen) atoms. The molecule has 106 valence electrons. The highest BCUT2D eigenvalue weighted by Crippen LogP contribution is 2.17. The zero-order valence-electron chi connectivity index (χ0n) is 11.1. The van der Waals surface area contributed by atoms with Crippen LogP contribution in [-0.4, -0.2) is 50.5 Å². The van der Waals surface area contributed by atoms with Gasteiger partial charge in [0.15, 0.2) is 0 Å². The first-order valence-electron chi connectivity index (χ1n) is 6.35. The Morgan fingerprint density at radius 2 is 2.20 bits per heavy atom. The lowest BCUT2D eigenvalue weighted by Gasteiger charge is -2.33. The standard InChI is InChI=1S/C11H16N8O/c1-8-7-20-6-5-18(8)10-14-9(17-12)15-11(16-10)19-4-2-3-13-19/h2-4,8H,5-7,12H2,1H3,(H,14,15,16,17). The molecule has 9 heteroatoms. The van der Waals surface area contributed by atoms with Gasteiger partial charge in [-0.05, 0) is 13.0 Å². The summed E-state index contributed by atoms with van der Waals surface area (Å²) in [6.45, 7) is 4.09. The van der Waals surface area contributed by atoms with Crippen LogP contribution < -0.4 is 16.2 Å². The minimum Gasteiger partial charge on any atom is -0.377 e. The number of hydrogen-bond donors (Lipinski definition) is 2. The number of aromatic nitrogens is 5. The summed E-state index contributed by atoms with van der Waals surface area (Å²) in [4.78, 5) is 15.0. The molecule has 1 saturated heterocycles. The molecule has 0 bridgehead atoms. The average Bonchev–Trinajstić information content (AvgIpc) is 3.01. The van der Waals surface area contributed by atoms with Crippen LogP contribution in [0.25, 0.3) is 5.95 Å². The first-order chi connectivity index (χ1) is 9.78. The van der Waals surface area contributed by atoms with Gasteiger partial charge in [0, 0.05) is 18.9 Å². The summed E-state index contributed by atoms with van der Waals surface area (Å²) < 4.78 is 6.99. The fourth-order valence-electron chi connectivity index (χ4n) is 2.06. The van der Waals surface area contributed by atoms with Gasteiger partial charge in [-0.25, -0.2) is 10.5 Å². The molecular formula is C11H16N8O. The summed E-state index contributed by atoms with van der Waals surface area (Å²) >= 11 is 0. The molecular weight excluding hydrogens is 260 g/mol. The lowest BCUT2D eigenvalue weighted by molar-refractivity contribution is 0.0980. The summed E-state index contributed by atoms with van der Waals surface area (Å²) in [6, 6.07) is 2.00. The Morgan fingerprint density at radius 3 is 2.90 bits per heavy atom. The first-order valence-corrected chi connectivity index (χ1v) is 6.35. The van der Waals surface area contributed by atoms with Gasteiger partial charge in [-0.2, -0.15) is 20.1 Å². The largest absolute Gasteiger partial charge is 0.377 e. The van der Waals surface area contributed by atoms with Crippen molar-refractivity contribution in [3.63, 3.8) is 0 Å². The average molecular weight is 276 g/mol. The van der Waals surface area contributed by atoms with Crippen LogP contribution in [0.2, 0.25) is 0 Å². The SMILES string of the molecule is CC1COCCN1c1nc(NN)nc(-n2cccn2)n1. The molecule has 3 rings (SSSR count). The molecule has 1 aliphatic heterocycles. The van der Waals surface area contributed by atoms with Crippen LogP contribution in [0.15, 0.2) is 18.5 Å². The number of anilines is 2. The van der Waals surface area contributed by atoms with Gasteiger partial charge >= 0.3 is 0 Å². The molecule has 0 radical (unpaired) electrons. The molecule has 1 unspecified atom stereocenters. The Bertz CT molecular complexity index is 572.